The highest BCUT2D eigenvalue weighted by atomic mass is 32.1. The fraction of sp³-hybridized carbons (Fsp3) is 0.111. The zero-order valence-corrected chi connectivity index (χ0v) is 14.8. The molecule has 0 radical (unpaired) electrons. The van der Waals surface area contributed by atoms with Crippen LogP contribution in [0.4, 0.5) is 5.69 Å². The van der Waals surface area contributed by atoms with Gasteiger partial charge in [-0.25, -0.2) is 0 Å². The number of nitro benzene ring substituents is 1. The molecule has 8 nitrogen and oxygen atoms in total. The number of thiazole rings is 1. The Kier molecular flexibility index (Phi) is 4.21. The minimum Gasteiger partial charge on any atom is -0.454 e. The fourth-order valence-electron chi connectivity index (χ4n) is 2.74. The first-order chi connectivity index (χ1) is 13.1. The quantitative estimate of drug-likeness (QED) is 0.391. The summed E-state index contributed by atoms with van der Waals surface area (Å²) in [6.07, 6.45) is 1.65. The topological polar surface area (TPSA) is 96.0 Å². The van der Waals surface area contributed by atoms with Crippen LogP contribution in [0.2, 0.25) is 0 Å². The van der Waals surface area contributed by atoms with Crippen LogP contribution >= 0.6 is 11.3 Å². The molecular formula is C18H13N3O5S. The third kappa shape index (κ3) is 3.08. The highest BCUT2D eigenvalue weighted by Gasteiger charge is 2.17. The Hall–Kier alpha value is -3.46. The van der Waals surface area contributed by atoms with Crippen molar-refractivity contribution in [2.24, 2.45) is 4.99 Å². The summed E-state index contributed by atoms with van der Waals surface area (Å²) in [5.74, 6) is 0.650. The standard InChI is InChI=1S/C18H13N3O5S/c1-2-7-20-13-9-12(21(23)24)4-6-16(13)27-18(20)19-17(22)11-3-5-14-15(8-11)26-10-25-14/h2-6,8-9H,1,7,10H2. The van der Waals surface area contributed by atoms with Crippen molar-refractivity contribution in [3.05, 3.63) is 69.5 Å². The average molecular weight is 383 g/mol. The van der Waals surface area contributed by atoms with Gasteiger partial charge in [0.1, 0.15) is 0 Å². The average Bonchev–Trinajstić information content (AvgIpc) is 3.25. The van der Waals surface area contributed by atoms with E-state index in [-0.39, 0.29) is 12.5 Å². The van der Waals surface area contributed by atoms with E-state index in [2.05, 4.69) is 11.6 Å². The maximum absolute atomic E-state index is 12.6. The Balaban J connectivity index is 1.82. The number of hydrogen-bond donors (Lipinski definition) is 0. The van der Waals surface area contributed by atoms with Gasteiger partial charge in [0.05, 0.1) is 15.1 Å². The number of carbonyl (C=O) groups excluding carboxylic acids is 1. The number of carbonyl (C=O) groups is 1. The molecule has 0 spiro atoms. The van der Waals surface area contributed by atoms with E-state index in [1.54, 1.807) is 34.9 Å². The molecule has 0 saturated carbocycles. The fourth-order valence-corrected chi connectivity index (χ4v) is 3.76. The molecule has 0 fully saturated rings. The highest BCUT2D eigenvalue weighted by molar-refractivity contribution is 7.16. The van der Waals surface area contributed by atoms with Crippen molar-refractivity contribution in [2.75, 3.05) is 6.79 Å². The van der Waals surface area contributed by atoms with Crippen LogP contribution in [0.15, 0.2) is 54.0 Å². The second-order valence-corrected chi connectivity index (χ2v) is 6.69. The maximum Gasteiger partial charge on any atom is 0.279 e. The van der Waals surface area contributed by atoms with Crippen LogP contribution in [0.25, 0.3) is 10.2 Å². The molecule has 0 N–H and O–H groups in total. The van der Waals surface area contributed by atoms with Crippen molar-refractivity contribution in [2.45, 2.75) is 6.54 Å². The van der Waals surface area contributed by atoms with E-state index in [1.165, 1.54) is 23.5 Å². The Morgan fingerprint density at radius 2 is 2.11 bits per heavy atom. The van der Waals surface area contributed by atoms with E-state index in [4.69, 9.17) is 9.47 Å². The number of non-ortho nitro benzene ring substituents is 1. The molecule has 3 aromatic rings. The molecule has 0 aliphatic carbocycles. The highest BCUT2D eigenvalue weighted by Crippen LogP contribution is 2.32. The predicted molar refractivity (Wildman–Crippen MR) is 99.1 cm³/mol. The minimum atomic E-state index is -0.454. The summed E-state index contributed by atoms with van der Waals surface area (Å²) in [6.45, 7) is 4.20. The zero-order valence-electron chi connectivity index (χ0n) is 14.0. The van der Waals surface area contributed by atoms with E-state index in [0.717, 1.165) is 4.70 Å². The molecule has 0 saturated heterocycles. The summed E-state index contributed by atoms with van der Waals surface area (Å²) in [5, 5.41) is 11.1. The van der Waals surface area contributed by atoms with Crippen LogP contribution in [-0.2, 0) is 6.54 Å². The van der Waals surface area contributed by atoms with Crippen molar-refractivity contribution in [1.29, 1.82) is 0 Å². The number of ether oxygens (including phenoxy) is 2. The Labute approximate surface area is 156 Å². The first kappa shape index (κ1) is 17.0. The van der Waals surface area contributed by atoms with Crippen LogP contribution in [0, 0.1) is 10.1 Å². The summed E-state index contributed by atoms with van der Waals surface area (Å²) in [4.78, 5) is 27.9. The van der Waals surface area contributed by atoms with E-state index in [9.17, 15) is 14.9 Å². The molecule has 0 atom stereocenters. The number of benzene rings is 2. The zero-order chi connectivity index (χ0) is 19.0. The van der Waals surface area contributed by atoms with Gasteiger partial charge in [-0.05, 0) is 24.3 Å². The largest absolute Gasteiger partial charge is 0.454 e. The molecule has 0 unspecified atom stereocenters. The normalized spacial score (nSPS) is 13.1. The number of nitrogens with zero attached hydrogens (tertiary/aromatic N) is 3. The SMILES string of the molecule is C=CCn1c(=NC(=O)c2ccc3c(c2)OCO3)sc2ccc([N+](=O)[O-])cc21. The van der Waals surface area contributed by atoms with Gasteiger partial charge in [0.25, 0.3) is 11.6 Å². The first-order valence-electron chi connectivity index (χ1n) is 7.94. The number of hydrogen-bond acceptors (Lipinski definition) is 6. The molecule has 1 aliphatic rings. The van der Waals surface area contributed by atoms with Crippen LogP contribution in [0.5, 0.6) is 11.5 Å². The smallest absolute Gasteiger partial charge is 0.279 e. The number of aromatic nitrogens is 1. The van der Waals surface area contributed by atoms with Gasteiger partial charge >= 0.3 is 0 Å². The molecule has 0 bridgehead atoms. The second kappa shape index (κ2) is 6.69. The number of amides is 1. The van der Waals surface area contributed by atoms with Gasteiger partial charge in [0.15, 0.2) is 16.3 Å². The van der Waals surface area contributed by atoms with Crippen molar-refractivity contribution >= 4 is 33.1 Å². The summed E-state index contributed by atoms with van der Waals surface area (Å²) in [7, 11) is 0. The third-order valence-corrected chi connectivity index (χ3v) is 5.06. The lowest BCUT2D eigenvalue weighted by molar-refractivity contribution is -0.384. The molecule has 4 rings (SSSR count). The van der Waals surface area contributed by atoms with Gasteiger partial charge in [0, 0.05) is 24.2 Å². The van der Waals surface area contributed by atoms with Crippen LogP contribution < -0.4 is 14.3 Å². The summed E-state index contributed by atoms with van der Waals surface area (Å²) < 4.78 is 13.0. The van der Waals surface area contributed by atoms with Crippen molar-refractivity contribution in [3.8, 4) is 11.5 Å². The molecular weight excluding hydrogens is 370 g/mol. The Morgan fingerprint density at radius 1 is 1.30 bits per heavy atom. The maximum atomic E-state index is 12.6. The van der Waals surface area contributed by atoms with Crippen molar-refractivity contribution in [1.82, 2.24) is 4.57 Å². The lowest BCUT2D eigenvalue weighted by Crippen LogP contribution is -2.16. The molecule has 2 heterocycles. The lowest BCUT2D eigenvalue weighted by atomic mass is 10.2. The first-order valence-corrected chi connectivity index (χ1v) is 8.76. The lowest BCUT2D eigenvalue weighted by Gasteiger charge is -2.01. The van der Waals surface area contributed by atoms with E-state index < -0.39 is 10.8 Å². The molecule has 1 aromatic heterocycles. The van der Waals surface area contributed by atoms with Crippen LogP contribution in [-0.4, -0.2) is 22.2 Å². The monoisotopic (exact) mass is 383 g/mol. The van der Waals surface area contributed by atoms with Gasteiger partial charge in [-0.2, -0.15) is 4.99 Å². The third-order valence-electron chi connectivity index (χ3n) is 4.00. The minimum absolute atomic E-state index is 0.0215. The molecule has 27 heavy (non-hydrogen) atoms. The van der Waals surface area contributed by atoms with E-state index in [1.807, 2.05) is 0 Å². The van der Waals surface area contributed by atoms with Gasteiger partial charge < -0.3 is 14.0 Å². The summed E-state index contributed by atoms with van der Waals surface area (Å²) in [6, 6.07) is 9.43. The van der Waals surface area contributed by atoms with Gasteiger partial charge in [-0.3, -0.25) is 14.9 Å². The van der Waals surface area contributed by atoms with Crippen LogP contribution in [0.3, 0.4) is 0 Å². The molecule has 2 aromatic carbocycles. The van der Waals surface area contributed by atoms with Crippen molar-refractivity contribution < 1.29 is 19.2 Å². The van der Waals surface area contributed by atoms with E-state index >= 15 is 0 Å². The van der Waals surface area contributed by atoms with Crippen LogP contribution in [0.1, 0.15) is 10.4 Å². The Morgan fingerprint density at radius 3 is 2.89 bits per heavy atom. The predicted octanol–water partition coefficient (Wildman–Crippen LogP) is 3.27. The number of allylic oxidation sites excluding steroid dienone is 1. The summed E-state index contributed by atoms with van der Waals surface area (Å²) in [5.41, 5.74) is 0.978. The van der Waals surface area contributed by atoms with Gasteiger partial charge in [0.2, 0.25) is 6.79 Å². The van der Waals surface area contributed by atoms with E-state index in [0.29, 0.717) is 33.9 Å². The molecule has 9 heteroatoms. The number of rotatable bonds is 4. The molecule has 136 valence electrons. The Bertz CT molecular complexity index is 1160. The van der Waals surface area contributed by atoms with Gasteiger partial charge in [-0.15, -0.1) is 6.58 Å². The summed E-state index contributed by atoms with van der Waals surface area (Å²) >= 11 is 1.28. The van der Waals surface area contributed by atoms with Gasteiger partial charge in [-0.1, -0.05) is 17.4 Å². The molecule has 1 amide bonds. The molecule has 1 aliphatic heterocycles. The second-order valence-electron chi connectivity index (χ2n) is 5.68. The van der Waals surface area contributed by atoms with Crippen molar-refractivity contribution in [3.63, 3.8) is 0 Å². The number of fused-ring (bicyclic) bond motifs is 2. The number of nitro groups is 1.